The first-order valence-electron chi connectivity index (χ1n) is 6.58. The standard InChI is InChI=1S/C16H15F4N/c1-3-21-16(10-4-5-12(17)15(20)7-10)11-6-9(2)13(18)8-14(11)19/h4-8,16,21H,3H2,1-2H3. The molecule has 0 heterocycles. The number of aryl methyl sites for hydroxylation is 1. The molecular weight excluding hydrogens is 282 g/mol. The van der Waals surface area contributed by atoms with Gasteiger partial charge in [-0.3, -0.25) is 0 Å². The van der Waals surface area contributed by atoms with Gasteiger partial charge in [0, 0.05) is 11.6 Å². The second-order valence-corrected chi connectivity index (χ2v) is 4.79. The molecule has 0 bridgehead atoms. The fraction of sp³-hybridized carbons (Fsp3) is 0.250. The molecular formula is C16H15F4N. The van der Waals surface area contributed by atoms with Crippen molar-refractivity contribution in [2.75, 3.05) is 6.54 Å². The van der Waals surface area contributed by atoms with Crippen molar-refractivity contribution in [1.29, 1.82) is 0 Å². The Morgan fingerprint density at radius 1 is 0.905 bits per heavy atom. The lowest BCUT2D eigenvalue weighted by atomic mass is 9.96. The Labute approximate surface area is 120 Å². The van der Waals surface area contributed by atoms with Gasteiger partial charge in [-0.2, -0.15) is 0 Å². The topological polar surface area (TPSA) is 12.0 Å². The van der Waals surface area contributed by atoms with Gasteiger partial charge in [0.05, 0.1) is 6.04 Å². The molecule has 0 aliphatic rings. The molecule has 0 aliphatic carbocycles. The Balaban J connectivity index is 2.52. The van der Waals surface area contributed by atoms with E-state index in [0.717, 1.165) is 18.2 Å². The van der Waals surface area contributed by atoms with Gasteiger partial charge in [0.2, 0.25) is 0 Å². The maximum Gasteiger partial charge on any atom is 0.159 e. The highest BCUT2D eigenvalue weighted by atomic mass is 19.2. The van der Waals surface area contributed by atoms with Crippen LogP contribution in [-0.2, 0) is 0 Å². The van der Waals surface area contributed by atoms with Gasteiger partial charge in [-0.25, -0.2) is 17.6 Å². The molecule has 2 aromatic carbocycles. The van der Waals surface area contributed by atoms with Crippen molar-refractivity contribution >= 4 is 0 Å². The quantitative estimate of drug-likeness (QED) is 0.832. The number of benzene rings is 2. The molecule has 0 amide bonds. The van der Waals surface area contributed by atoms with Gasteiger partial charge in [-0.05, 0) is 42.8 Å². The zero-order valence-electron chi connectivity index (χ0n) is 11.7. The van der Waals surface area contributed by atoms with Crippen molar-refractivity contribution in [2.45, 2.75) is 19.9 Å². The summed E-state index contributed by atoms with van der Waals surface area (Å²) in [5.41, 5.74) is 0.860. The molecule has 0 saturated heterocycles. The molecule has 0 fully saturated rings. The SMILES string of the molecule is CCNC(c1ccc(F)c(F)c1)c1cc(C)c(F)cc1F. The maximum atomic E-state index is 14.0. The van der Waals surface area contributed by atoms with E-state index in [2.05, 4.69) is 5.32 Å². The van der Waals surface area contributed by atoms with Gasteiger partial charge >= 0.3 is 0 Å². The van der Waals surface area contributed by atoms with Gasteiger partial charge in [-0.1, -0.05) is 13.0 Å². The Hall–Kier alpha value is -1.88. The third kappa shape index (κ3) is 3.24. The Kier molecular flexibility index (Phi) is 4.63. The van der Waals surface area contributed by atoms with Gasteiger partial charge in [0.1, 0.15) is 11.6 Å². The molecule has 1 N–H and O–H groups in total. The first-order chi connectivity index (χ1) is 9.93. The first kappa shape index (κ1) is 15.5. The number of rotatable bonds is 4. The number of hydrogen-bond acceptors (Lipinski definition) is 1. The molecule has 1 atom stereocenters. The third-order valence-electron chi connectivity index (χ3n) is 3.27. The monoisotopic (exact) mass is 297 g/mol. The van der Waals surface area contributed by atoms with Gasteiger partial charge in [-0.15, -0.1) is 0 Å². The lowest BCUT2D eigenvalue weighted by Crippen LogP contribution is -2.23. The van der Waals surface area contributed by atoms with Crippen molar-refractivity contribution in [3.8, 4) is 0 Å². The summed E-state index contributed by atoms with van der Waals surface area (Å²) < 4.78 is 53.8. The summed E-state index contributed by atoms with van der Waals surface area (Å²) in [7, 11) is 0. The Bertz CT molecular complexity index is 655. The van der Waals surface area contributed by atoms with Crippen molar-refractivity contribution in [1.82, 2.24) is 5.32 Å². The zero-order chi connectivity index (χ0) is 15.6. The van der Waals surface area contributed by atoms with E-state index >= 15 is 0 Å². The minimum absolute atomic E-state index is 0.196. The molecule has 0 saturated carbocycles. The van der Waals surface area contributed by atoms with E-state index in [9.17, 15) is 17.6 Å². The van der Waals surface area contributed by atoms with Crippen LogP contribution < -0.4 is 5.32 Å². The summed E-state index contributed by atoms with van der Waals surface area (Å²) in [5.74, 6) is -3.34. The zero-order valence-corrected chi connectivity index (χ0v) is 11.7. The van der Waals surface area contributed by atoms with Crippen LogP contribution in [0.1, 0.15) is 29.7 Å². The lowest BCUT2D eigenvalue weighted by Gasteiger charge is -2.20. The van der Waals surface area contributed by atoms with Crippen LogP contribution in [0, 0.1) is 30.2 Å². The molecule has 1 nitrogen and oxygen atoms in total. The molecule has 0 aromatic heterocycles. The summed E-state index contributed by atoms with van der Waals surface area (Å²) in [6.07, 6.45) is 0. The number of nitrogens with one attached hydrogen (secondary N) is 1. The first-order valence-corrected chi connectivity index (χ1v) is 6.58. The van der Waals surface area contributed by atoms with E-state index in [0.29, 0.717) is 12.1 Å². The number of halogens is 4. The molecule has 2 rings (SSSR count). The fourth-order valence-electron chi connectivity index (χ4n) is 2.20. The normalized spacial score (nSPS) is 12.5. The summed E-state index contributed by atoms with van der Waals surface area (Å²) >= 11 is 0. The summed E-state index contributed by atoms with van der Waals surface area (Å²) in [6, 6.07) is 4.88. The van der Waals surface area contributed by atoms with Gasteiger partial charge in [0.25, 0.3) is 0 Å². The second-order valence-electron chi connectivity index (χ2n) is 4.79. The largest absolute Gasteiger partial charge is 0.306 e. The van der Waals surface area contributed by atoms with E-state index in [-0.39, 0.29) is 11.1 Å². The summed E-state index contributed by atoms with van der Waals surface area (Å²) in [5, 5.41) is 3.00. The predicted octanol–water partition coefficient (Wildman–Crippen LogP) is 4.25. The molecule has 1 unspecified atom stereocenters. The number of hydrogen-bond donors (Lipinski definition) is 1. The van der Waals surface area contributed by atoms with Crippen molar-refractivity contribution in [3.63, 3.8) is 0 Å². The average Bonchev–Trinajstić information content (AvgIpc) is 2.44. The molecule has 5 heteroatoms. The Morgan fingerprint density at radius 2 is 1.62 bits per heavy atom. The van der Waals surface area contributed by atoms with Gasteiger partial charge in [0.15, 0.2) is 11.6 Å². The lowest BCUT2D eigenvalue weighted by molar-refractivity contribution is 0.500. The minimum atomic E-state index is -1.00. The predicted molar refractivity (Wildman–Crippen MR) is 73.0 cm³/mol. The van der Waals surface area contributed by atoms with Crippen LogP contribution in [0.3, 0.4) is 0 Å². The van der Waals surface area contributed by atoms with Crippen LogP contribution in [0.5, 0.6) is 0 Å². The summed E-state index contributed by atoms with van der Waals surface area (Å²) in [6.45, 7) is 3.81. The molecule has 0 aliphatic heterocycles. The highest BCUT2D eigenvalue weighted by Crippen LogP contribution is 2.27. The van der Waals surface area contributed by atoms with Crippen molar-refractivity contribution < 1.29 is 17.6 Å². The molecule has 0 spiro atoms. The van der Waals surface area contributed by atoms with Crippen LogP contribution in [-0.4, -0.2) is 6.54 Å². The fourth-order valence-corrected chi connectivity index (χ4v) is 2.20. The van der Waals surface area contributed by atoms with Crippen molar-refractivity contribution in [2.24, 2.45) is 0 Å². The maximum absolute atomic E-state index is 14.0. The van der Waals surface area contributed by atoms with E-state index in [4.69, 9.17) is 0 Å². The van der Waals surface area contributed by atoms with E-state index in [1.807, 2.05) is 0 Å². The third-order valence-corrected chi connectivity index (χ3v) is 3.27. The smallest absolute Gasteiger partial charge is 0.159 e. The molecule has 2 aromatic rings. The van der Waals surface area contributed by atoms with E-state index in [1.54, 1.807) is 6.92 Å². The molecule has 21 heavy (non-hydrogen) atoms. The Morgan fingerprint density at radius 3 is 2.24 bits per heavy atom. The highest BCUT2D eigenvalue weighted by Gasteiger charge is 2.20. The summed E-state index contributed by atoms with van der Waals surface area (Å²) in [4.78, 5) is 0. The van der Waals surface area contributed by atoms with Crippen LogP contribution in [0.25, 0.3) is 0 Å². The second kappa shape index (κ2) is 6.26. The van der Waals surface area contributed by atoms with E-state index in [1.165, 1.54) is 19.1 Å². The van der Waals surface area contributed by atoms with Crippen LogP contribution >= 0.6 is 0 Å². The van der Waals surface area contributed by atoms with E-state index < -0.39 is 29.3 Å². The average molecular weight is 297 g/mol. The van der Waals surface area contributed by atoms with Crippen LogP contribution in [0.15, 0.2) is 30.3 Å². The van der Waals surface area contributed by atoms with Crippen LogP contribution in [0.2, 0.25) is 0 Å². The van der Waals surface area contributed by atoms with Crippen LogP contribution in [0.4, 0.5) is 17.6 Å². The van der Waals surface area contributed by atoms with Crippen molar-refractivity contribution in [3.05, 3.63) is 70.3 Å². The molecule has 0 radical (unpaired) electrons. The highest BCUT2D eigenvalue weighted by molar-refractivity contribution is 5.36. The minimum Gasteiger partial charge on any atom is -0.306 e. The molecule has 112 valence electrons. The van der Waals surface area contributed by atoms with Gasteiger partial charge < -0.3 is 5.32 Å².